The number of nitro groups is 1. The Labute approximate surface area is 222 Å². The van der Waals surface area contributed by atoms with E-state index in [0.29, 0.717) is 0 Å². The number of benzene rings is 2. The number of fused-ring (bicyclic) bond motifs is 1. The van der Waals surface area contributed by atoms with Crippen LogP contribution >= 0.6 is 0 Å². The number of aryl methyl sites for hydroxylation is 2. The summed E-state index contributed by atoms with van der Waals surface area (Å²) in [5, 5.41) is 13.9. The number of para-hydroxylation sites is 1. The van der Waals surface area contributed by atoms with Crippen molar-refractivity contribution in [1.29, 1.82) is 0 Å². The molecule has 38 heavy (non-hydrogen) atoms. The first-order valence-corrected chi connectivity index (χ1v) is 13.7. The third kappa shape index (κ3) is 7.59. The number of nitrogens with one attached hydrogen (secondary N) is 2. The lowest BCUT2D eigenvalue weighted by Crippen LogP contribution is -2.54. The van der Waals surface area contributed by atoms with Gasteiger partial charge in [0.2, 0.25) is 15.9 Å². The zero-order chi connectivity index (χ0) is 28.1. The minimum absolute atomic E-state index is 0.130. The molecule has 0 bridgehead atoms. The van der Waals surface area contributed by atoms with Crippen molar-refractivity contribution in [2.75, 3.05) is 13.7 Å². The fraction of sp³-hybridized carbons (Fsp3) is 0.462. The number of esters is 1. The van der Waals surface area contributed by atoms with E-state index >= 15 is 0 Å². The molecule has 2 aromatic carbocycles. The average molecular weight is 548 g/mol. The van der Waals surface area contributed by atoms with E-state index < -0.39 is 55.1 Å². The maximum absolute atomic E-state index is 13.3. The van der Waals surface area contributed by atoms with Crippen LogP contribution in [0, 0.1) is 10.1 Å². The molecule has 206 valence electrons. The van der Waals surface area contributed by atoms with Crippen LogP contribution < -0.4 is 10.0 Å². The molecule has 1 aliphatic carbocycles. The van der Waals surface area contributed by atoms with E-state index in [4.69, 9.17) is 9.47 Å². The number of hydrogen-bond acceptors (Lipinski definition) is 8. The molecule has 3 rings (SSSR count). The zero-order valence-corrected chi connectivity index (χ0v) is 22.7. The first-order valence-electron chi connectivity index (χ1n) is 12.2. The lowest BCUT2D eigenvalue weighted by molar-refractivity contribution is -0.387. The molecule has 0 spiro atoms. The highest BCUT2D eigenvalue weighted by Crippen LogP contribution is 2.25. The number of nitro benzene ring substituents is 1. The third-order valence-electron chi connectivity index (χ3n) is 5.91. The van der Waals surface area contributed by atoms with Crippen molar-refractivity contribution in [1.82, 2.24) is 10.0 Å². The molecule has 1 amide bonds. The number of rotatable bonds is 11. The lowest BCUT2D eigenvalue weighted by atomic mass is 10.0. The summed E-state index contributed by atoms with van der Waals surface area (Å²) in [6.45, 7) is 4.72. The summed E-state index contributed by atoms with van der Waals surface area (Å²) in [5.41, 5.74) is 1.82. The molecule has 1 aliphatic rings. The van der Waals surface area contributed by atoms with Crippen molar-refractivity contribution in [2.24, 2.45) is 0 Å². The van der Waals surface area contributed by atoms with Crippen molar-refractivity contribution in [3.63, 3.8) is 0 Å². The predicted octanol–water partition coefficient (Wildman–Crippen LogP) is 2.45. The van der Waals surface area contributed by atoms with Crippen LogP contribution in [0.5, 0.6) is 0 Å². The van der Waals surface area contributed by atoms with Gasteiger partial charge in [-0.2, -0.15) is 4.72 Å². The van der Waals surface area contributed by atoms with Gasteiger partial charge in [-0.1, -0.05) is 30.3 Å². The first-order chi connectivity index (χ1) is 17.8. The molecule has 0 aromatic heterocycles. The fourth-order valence-corrected chi connectivity index (χ4v) is 5.59. The number of ether oxygens (including phenoxy) is 2. The maximum atomic E-state index is 13.3. The molecular formula is C26H33N3O8S. The molecule has 0 fully saturated rings. The largest absolute Gasteiger partial charge is 0.458 e. The normalized spacial score (nSPS) is 14.8. The summed E-state index contributed by atoms with van der Waals surface area (Å²) >= 11 is 0. The Kier molecular flexibility index (Phi) is 9.23. The van der Waals surface area contributed by atoms with Crippen molar-refractivity contribution in [3.8, 4) is 0 Å². The van der Waals surface area contributed by atoms with Crippen LogP contribution in [-0.2, 0) is 48.3 Å². The number of hydrogen-bond donors (Lipinski definition) is 2. The SMILES string of the molecule is COC[C@H](NS(=O)(=O)c1ccccc1[N+](=O)[O-])C(=O)N[C@@H](Cc1ccc2c(c1)CCC2)C(=O)OC(C)(C)C. The highest BCUT2D eigenvalue weighted by Gasteiger charge is 2.34. The molecule has 0 saturated carbocycles. The van der Waals surface area contributed by atoms with Crippen molar-refractivity contribution in [3.05, 3.63) is 69.3 Å². The van der Waals surface area contributed by atoms with Crippen LogP contribution in [0.3, 0.4) is 0 Å². The number of carbonyl (C=O) groups is 2. The minimum atomic E-state index is -4.50. The highest BCUT2D eigenvalue weighted by molar-refractivity contribution is 7.89. The molecule has 0 unspecified atom stereocenters. The van der Waals surface area contributed by atoms with E-state index in [1.54, 1.807) is 20.8 Å². The van der Waals surface area contributed by atoms with Gasteiger partial charge < -0.3 is 14.8 Å². The van der Waals surface area contributed by atoms with Gasteiger partial charge in [0.25, 0.3) is 5.69 Å². The number of amides is 1. The highest BCUT2D eigenvalue weighted by atomic mass is 32.2. The lowest BCUT2D eigenvalue weighted by Gasteiger charge is -2.26. The summed E-state index contributed by atoms with van der Waals surface area (Å²) in [7, 11) is -3.23. The van der Waals surface area contributed by atoms with Crippen molar-refractivity contribution >= 4 is 27.6 Å². The second-order valence-electron chi connectivity index (χ2n) is 10.1. The smallest absolute Gasteiger partial charge is 0.329 e. The second-order valence-corrected chi connectivity index (χ2v) is 11.8. The van der Waals surface area contributed by atoms with Gasteiger partial charge in [-0.05, 0) is 62.8 Å². The standard InChI is InChI=1S/C26H33N3O8S/c1-26(2,3)37-25(31)20(15-17-12-13-18-8-7-9-19(18)14-17)27-24(30)21(16-36-4)28-38(34,35)23-11-6-5-10-22(23)29(32)33/h5-6,10-14,20-21,28H,7-9,15-16H2,1-4H3,(H,27,30)/t20-,21-/m0/s1. The molecular weight excluding hydrogens is 514 g/mol. The van der Waals surface area contributed by atoms with Crippen LogP contribution in [0.25, 0.3) is 0 Å². The van der Waals surface area contributed by atoms with E-state index in [-0.39, 0.29) is 13.0 Å². The third-order valence-corrected chi connectivity index (χ3v) is 7.43. The first kappa shape index (κ1) is 29.2. The van der Waals surface area contributed by atoms with E-state index in [2.05, 4.69) is 10.0 Å². The Balaban J connectivity index is 1.85. The molecule has 2 aromatic rings. The number of sulfonamides is 1. The van der Waals surface area contributed by atoms with Gasteiger partial charge in [0.15, 0.2) is 4.90 Å². The van der Waals surface area contributed by atoms with Crippen molar-refractivity contribution < 1.29 is 32.4 Å². The van der Waals surface area contributed by atoms with Gasteiger partial charge in [0, 0.05) is 19.6 Å². The summed E-state index contributed by atoms with van der Waals surface area (Å²) in [6, 6.07) is 8.12. The summed E-state index contributed by atoms with van der Waals surface area (Å²) < 4.78 is 38.8. The second kappa shape index (κ2) is 12.0. The van der Waals surface area contributed by atoms with Crippen LogP contribution in [0.15, 0.2) is 47.4 Å². The quantitative estimate of drug-likeness (QED) is 0.247. The fourth-order valence-electron chi connectivity index (χ4n) is 4.24. The van der Waals surface area contributed by atoms with Gasteiger partial charge in [0.05, 0.1) is 11.5 Å². The Bertz CT molecular complexity index is 1300. The summed E-state index contributed by atoms with van der Waals surface area (Å²) in [6.07, 6.45) is 3.13. The van der Waals surface area contributed by atoms with Crippen LogP contribution in [-0.4, -0.2) is 56.6 Å². The van der Waals surface area contributed by atoms with E-state index in [0.717, 1.165) is 37.0 Å². The van der Waals surface area contributed by atoms with E-state index in [1.165, 1.54) is 30.4 Å². The Morgan fingerprint density at radius 3 is 2.42 bits per heavy atom. The van der Waals surface area contributed by atoms with Crippen LogP contribution in [0.2, 0.25) is 0 Å². The van der Waals surface area contributed by atoms with E-state index in [1.807, 2.05) is 18.2 Å². The molecule has 0 saturated heterocycles. The zero-order valence-electron chi connectivity index (χ0n) is 21.9. The summed E-state index contributed by atoms with van der Waals surface area (Å²) in [5.74, 6) is -1.52. The maximum Gasteiger partial charge on any atom is 0.329 e. The molecule has 12 heteroatoms. The monoisotopic (exact) mass is 547 g/mol. The molecule has 0 heterocycles. The van der Waals surface area contributed by atoms with Crippen LogP contribution in [0.1, 0.15) is 43.9 Å². The molecule has 2 atom stereocenters. The van der Waals surface area contributed by atoms with E-state index in [9.17, 15) is 28.1 Å². The number of methoxy groups -OCH3 is 1. The number of carbonyl (C=O) groups excluding carboxylic acids is 2. The minimum Gasteiger partial charge on any atom is -0.458 e. The predicted molar refractivity (Wildman–Crippen MR) is 139 cm³/mol. The van der Waals surface area contributed by atoms with Gasteiger partial charge in [-0.15, -0.1) is 0 Å². The van der Waals surface area contributed by atoms with Gasteiger partial charge >= 0.3 is 5.97 Å². The van der Waals surface area contributed by atoms with Crippen molar-refractivity contribution in [2.45, 2.75) is 69.0 Å². The van der Waals surface area contributed by atoms with Gasteiger partial charge in [-0.3, -0.25) is 14.9 Å². The van der Waals surface area contributed by atoms with Gasteiger partial charge in [0.1, 0.15) is 17.7 Å². The molecule has 0 aliphatic heterocycles. The number of nitrogens with zero attached hydrogens (tertiary/aromatic N) is 1. The topological polar surface area (TPSA) is 154 Å². The molecule has 2 N–H and O–H groups in total. The Morgan fingerprint density at radius 1 is 1.08 bits per heavy atom. The van der Waals surface area contributed by atoms with Crippen LogP contribution in [0.4, 0.5) is 5.69 Å². The average Bonchev–Trinajstić information content (AvgIpc) is 3.30. The Hall–Kier alpha value is -3.35. The Morgan fingerprint density at radius 2 is 1.76 bits per heavy atom. The molecule has 11 nitrogen and oxygen atoms in total. The summed E-state index contributed by atoms with van der Waals surface area (Å²) in [4.78, 5) is 36.2. The van der Waals surface area contributed by atoms with Gasteiger partial charge in [-0.25, -0.2) is 13.2 Å². The molecule has 0 radical (unpaired) electrons.